The fourth-order valence-corrected chi connectivity index (χ4v) is 3.36. The summed E-state index contributed by atoms with van der Waals surface area (Å²) in [6.07, 6.45) is 2.06. The van der Waals surface area contributed by atoms with Crippen molar-refractivity contribution in [2.45, 2.75) is 26.7 Å². The topological polar surface area (TPSA) is 42.0 Å². The van der Waals surface area contributed by atoms with Crippen LogP contribution in [0.1, 0.15) is 35.0 Å². The Labute approximate surface area is 140 Å². The maximum atomic E-state index is 12.6. The van der Waals surface area contributed by atoms with Crippen molar-refractivity contribution in [3.8, 4) is 10.6 Å². The molecule has 3 rings (SSSR count). The van der Waals surface area contributed by atoms with Crippen molar-refractivity contribution in [2.75, 3.05) is 6.54 Å². The molecule has 0 unspecified atom stereocenters. The third kappa shape index (κ3) is 3.42. The fourth-order valence-electron chi connectivity index (χ4n) is 2.54. The highest BCUT2D eigenvalue weighted by Crippen LogP contribution is 2.29. The number of nitrogens with one attached hydrogen (secondary N) is 1. The number of rotatable bonds is 5. The van der Waals surface area contributed by atoms with Gasteiger partial charge in [0.05, 0.1) is 21.7 Å². The van der Waals surface area contributed by atoms with Crippen LogP contribution in [-0.2, 0) is 0 Å². The average molecular weight is 324 g/mol. The van der Waals surface area contributed by atoms with E-state index in [2.05, 4.69) is 31.3 Å². The molecular formula is C19H20N2OS. The monoisotopic (exact) mass is 324 g/mol. The molecule has 0 atom stereocenters. The van der Waals surface area contributed by atoms with E-state index in [9.17, 15) is 4.79 Å². The zero-order valence-electron chi connectivity index (χ0n) is 13.4. The quantitative estimate of drug-likeness (QED) is 0.685. The molecule has 0 fully saturated rings. The van der Waals surface area contributed by atoms with Crippen LogP contribution in [0.15, 0.2) is 42.5 Å². The van der Waals surface area contributed by atoms with Crippen molar-refractivity contribution in [3.63, 3.8) is 0 Å². The highest BCUT2D eigenvalue weighted by molar-refractivity contribution is 7.15. The first-order valence-corrected chi connectivity index (χ1v) is 8.75. The molecule has 0 saturated carbocycles. The molecule has 2 heterocycles. The van der Waals surface area contributed by atoms with Gasteiger partial charge in [0.1, 0.15) is 0 Å². The first-order chi connectivity index (χ1) is 11.2. The van der Waals surface area contributed by atoms with E-state index < -0.39 is 0 Å². The molecule has 3 aromatic rings. The Morgan fingerprint density at radius 3 is 2.78 bits per heavy atom. The van der Waals surface area contributed by atoms with E-state index in [-0.39, 0.29) is 5.91 Å². The molecule has 23 heavy (non-hydrogen) atoms. The normalized spacial score (nSPS) is 10.9. The summed E-state index contributed by atoms with van der Waals surface area (Å²) >= 11 is 1.70. The predicted molar refractivity (Wildman–Crippen MR) is 97.0 cm³/mol. The third-order valence-electron chi connectivity index (χ3n) is 3.77. The van der Waals surface area contributed by atoms with Crippen molar-refractivity contribution in [3.05, 3.63) is 52.9 Å². The number of nitrogens with zero attached hydrogens (tertiary/aromatic N) is 1. The van der Waals surface area contributed by atoms with Crippen LogP contribution in [0.3, 0.4) is 0 Å². The summed E-state index contributed by atoms with van der Waals surface area (Å²) in [4.78, 5) is 19.6. The van der Waals surface area contributed by atoms with Crippen LogP contribution in [-0.4, -0.2) is 17.4 Å². The average Bonchev–Trinajstić information content (AvgIpc) is 3.00. The van der Waals surface area contributed by atoms with Gasteiger partial charge in [-0.3, -0.25) is 4.79 Å². The van der Waals surface area contributed by atoms with Gasteiger partial charge in [0.15, 0.2) is 0 Å². The van der Waals surface area contributed by atoms with Crippen molar-refractivity contribution in [2.24, 2.45) is 0 Å². The number of hydrogen-bond donors (Lipinski definition) is 1. The number of amides is 1. The lowest BCUT2D eigenvalue weighted by Gasteiger charge is -2.09. The second-order valence-electron chi connectivity index (χ2n) is 5.59. The number of aromatic nitrogens is 1. The summed E-state index contributed by atoms with van der Waals surface area (Å²) in [5.41, 5.74) is 2.42. The van der Waals surface area contributed by atoms with Crippen LogP contribution >= 0.6 is 11.3 Å². The predicted octanol–water partition coefficient (Wildman–Crippen LogP) is 4.80. The highest BCUT2D eigenvalue weighted by Gasteiger charge is 2.14. The van der Waals surface area contributed by atoms with Crippen molar-refractivity contribution < 1.29 is 4.79 Å². The van der Waals surface area contributed by atoms with Gasteiger partial charge < -0.3 is 5.32 Å². The van der Waals surface area contributed by atoms with Gasteiger partial charge in [0, 0.05) is 16.8 Å². The molecule has 3 nitrogen and oxygen atoms in total. The maximum Gasteiger partial charge on any atom is 0.252 e. The molecular weight excluding hydrogens is 304 g/mol. The van der Waals surface area contributed by atoms with Gasteiger partial charge in [-0.25, -0.2) is 4.98 Å². The Hall–Kier alpha value is -2.20. The molecule has 0 bridgehead atoms. The number of pyridine rings is 1. The van der Waals surface area contributed by atoms with E-state index in [1.807, 2.05) is 30.3 Å². The van der Waals surface area contributed by atoms with E-state index in [0.29, 0.717) is 12.1 Å². The van der Waals surface area contributed by atoms with Crippen LogP contribution in [0, 0.1) is 6.92 Å². The maximum absolute atomic E-state index is 12.6. The number of unbranched alkanes of at least 4 members (excludes halogenated alkanes) is 1. The van der Waals surface area contributed by atoms with Crippen LogP contribution in [0.4, 0.5) is 0 Å². The molecule has 0 aliphatic heterocycles. The summed E-state index contributed by atoms with van der Waals surface area (Å²) in [5, 5.41) is 3.91. The lowest BCUT2D eigenvalue weighted by molar-refractivity contribution is 0.0955. The molecule has 118 valence electrons. The van der Waals surface area contributed by atoms with Crippen LogP contribution in [0.25, 0.3) is 21.5 Å². The molecule has 0 saturated heterocycles. The number of carbonyl (C=O) groups excluding carboxylic acids is 1. The molecule has 1 aromatic carbocycles. The minimum absolute atomic E-state index is 0.0217. The van der Waals surface area contributed by atoms with E-state index >= 15 is 0 Å². The Kier molecular flexibility index (Phi) is 4.72. The fraction of sp³-hybridized carbons (Fsp3) is 0.263. The summed E-state index contributed by atoms with van der Waals surface area (Å²) in [7, 11) is 0. The van der Waals surface area contributed by atoms with E-state index in [1.54, 1.807) is 11.3 Å². The summed E-state index contributed by atoms with van der Waals surface area (Å²) < 4.78 is 0. The number of fused-ring (bicyclic) bond motifs is 1. The smallest absolute Gasteiger partial charge is 0.252 e. The second-order valence-corrected chi connectivity index (χ2v) is 6.88. The van der Waals surface area contributed by atoms with Crippen LogP contribution in [0.5, 0.6) is 0 Å². The summed E-state index contributed by atoms with van der Waals surface area (Å²) in [6, 6.07) is 13.9. The number of para-hydroxylation sites is 1. The lowest BCUT2D eigenvalue weighted by atomic mass is 10.1. The number of carbonyl (C=O) groups is 1. The number of aryl methyl sites for hydroxylation is 1. The minimum atomic E-state index is -0.0217. The van der Waals surface area contributed by atoms with Gasteiger partial charge in [0.25, 0.3) is 5.91 Å². The number of benzene rings is 1. The lowest BCUT2D eigenvalue weighted by Crippen LogP contribution is -2.24. The van der Waals surface area contributed by atoms with E-state index in [0.717, 1.165) is 34.3 Å². The van der Waals surface area contributed by atoms with Crippen molar-refractivity contribution in [1.82, 2.24) is 10.3 Å². The Balaban J connectivity index is 2.05. The SMILES string of the molecule is CCCCNC(=O)c1cc(-c2ccc(C)s2)nc2ccccc12. The zero-order chi connectivity index (χ0) is 16.2. The van der Waals surface area contributed by atoms with Crippen molar-refractivity contribution >= 4 is 28.1 Å². The highest BCUT2D eigenvalue weighted by atomic mass is 32.1. The molecule has 1 N–H and O–H groups in total. The molecule has 2 aromatic heterocycles. The zero-order valence-corrected chi connectivity index (χ0v) is 14.2. The molecule has 1 amide bonds. The van der Waals surface area contributed by atoms with Gasteiger partial charge in [-0.15, -0.1) is 11.3 Å². The molecule has 4 heteroatoms. The standard InChI is InChI=1S/C19H20N2OS/c1-3-4-11-20-19(22)15-12-17(18-10-9-13(2)23-18)21-16-8-6-5-7-14(15)16/h5-10,12H,3-4,11H2,1-2H3,(H,20,22). The Morgan fingerprint density at radius 2 is 2.04 bits per heavy atom. The summed E-state index contributed by atoms with van der Waals surface area (Å²) in [5.74, 6) is -0.0217. The van der Waals surface area contributed by atoms with Gasteiger partial charge in [0.2, 0.25) is 0 Å². The van der Waals surface area contributed by atoms with Crippen LogP contribution < -0.4 is 5.32 Å². The molecule has 0 spiro atoms. The third-order valence-corrected chi connectivity index (χ3v) is 4.79. The minimum Gasteiger partial charge on any atom is -0.352 e. The largest absolute Gasteiger partial charge is 0.352 e. The first kappa shape index (κ1) is 15.7. The Bertz CT molecular complexity index is 838. The first-order valence-electron chi connectivity index (χ1n) is 7.94. The van der Waals surface area contributed by atoms with Gasteiger partial charge in [-0.1, -0.05) is 31.5 Å². The van der Waals surface area contributed by atoms with Crippen molar-refractivity contribution in [1.29, 1.82) is 0 Å². The molecule has 0 radical (unpaired) electrons. The Morgan fingerprint density at radius 1 is 1.22 bits per heavy atom. The van der Waals surface area contributed by atoms with E-state index in [1.165, 1.54) is 4.88 Å². The van der Waals surface area contributed by atoms with Gasteiger partial charge >= 0.3 is 0 Å². The number of thiophene rings is 1. The van der Waals surface area contributed by atoms with Crippen LogP contribution in [0.2, 0.25) is 0 Å². The van der Waals surface area contributed by atoms with E-state index in [4.69, 9.17) is 4.98 Å². The van der Waals surface area contributed by atoms with Gasteiger partial charge in [-0.2, -0.15) is 0 Å². The molecule has 0 aliphatic carbocycles. The van der Waals surface area contributed by atoms with Gasteiger partial charge in [-0.05, 0) is 37.6 Å². The molecule has 0 aliphatic rings. The summed E-state index contributed by atoms with van der Waals surface area (Å²) in [6.45, 7) is 4.90. The number of hydrogen-bond acceptors (Lipinski definition) is 3. The second kappa shape index (κ2) is 6.92.